The van der Waals surface area contributed by atoms with Crippen LogP contribution in [0.1, 0.15) is 43.7 Å². The van der Waals surface area contributed by atoms with Gasteiger partial charge in [0.25, 0.3) is 0 Å². The van der Waals surface area contributed by atoms with Gasteiger partial charge in [-0.2, -0.15) is 0 Å². The van der Waals surface area contributed by atoms with Gasteiger partial charge in [0.1, 0.15) is 0 Å². The highest BCUT2D eigenvalue weighted by Gasteiger charge is 2.24. The van der Waals surface area contributed by atoms with Crippen LogP contribution in [0.2, 0.25) is 0 Å². The van der Waals surface area contributed by atoms with Crippen molar-refractivity contribution in [2.45, 2.75) is 33.1 Å². The second-order valence-corrected chi connectivity index (χ2v) is 5.69. The van der Waals surface area contributed by atoms with Crippen LogP contribution in [0.3, 0.4) is 0 Å². The first-order valence-electron chi connectivity index (χ1n) is 6.36. The molecule has 1 fully saturated rings. The third-order valence-electron chi connectivity index (χ3n) is 3.60. The Morgan fingerprint density at radius 1 is 1.41 bits per heavy atom. The summed E-state index contributed by atoms with van der Waals surface area (Å²) in [6.07, 6.45) is 5.15. The van der Waals surface area contributed by atoms with E-state index >= 15 is 0 Å². The monoisotopic (exact) mass is 235 g/mol. The minimum atomic E-state index is 0.0923. The lowest BCUT2D eigenvalue weighted by Gasteiger charge is -2.22. The van der Waals surface area contributed by atoms with Crippen LogP contribution in [0.5, 0.6) is 0 Å². The zero-order chi connectivity index (χ0) is 12.3. The van der Waals surface area contributed by atoms with E-state index in [-0.39, 0.29) is 5.78 Å². The van der Waals surface area contributed by atoms with Gasteiger partial charge >= 0.3 is 0 Å². The molecule has 0 aliphatic carbocycles. The molecule has 17 heavy (non-hydrogen) atoms. The standard InChI is InChI=1S/C14H21NO2/c1-14(2)6-4-8-15(9-7-14)11-12(16)13-5-3-10-17-13/h3,5,10H,4,6-9,11H2,1-2H3. The average Bonchev–Trinajstić information content (AvgIpc) is 2.73. The number of rotatable bonds is 3. The molecule has 0 radical (unpaired) electrons. The summed E-state index contributed by atoms with van der Waals surface area (Å²) in [6.45, 7) is 7.15. The topological polar surface area (TPSA) is 33.5 Å². The summed E-state index contributed by atoms with van der Waals surface area (Å²) in [5, 5.41) is 0. The highest BCUT2D eigenvalue weighted by Crippen LogP contribution is 2.29. The van der Waals surface area contributed by atoms with Gasteiger partial charge in [-0.15, -0.1) is 0 Å². The Labute approximate surface area is 103 Å². The molecule has 1 aliphatic heterocycles. The molecule has 0 spiro atoms. The third-order valence-corrected chi connectivity index (χ3v) is 3.60. The van der Waals surface area contributed by atoms with E-state index in [1.165, 1.54) is 19.3 Å². The number of likely N-dealkylation sites (tertiary alicyclic amines) is 1. The summed E-state index contributed by atoms with van der Waals surface area (Å²) >= 11 is 0. The summed E-state index contributed by atoms with van der Waals surface area (Å²) in [5.74, 6) is 0.572. The molecule has 0 unspecified atom stereocenters. The van der Waals surface area contributed by atoms with Crippen molar-refractivity contribution in [3.63, 3.8) is 0 Å². The number of nitrogens with zero attached hydrogens (tertiary/aromatic N) is 1. The van der Waals surface area contributed by atoms with Crippen LogP contribution in [-0.4, -0.2) is 30.3 Å². The lowest BCUT2D eigenvalue weighted by atomic mass is 9.85. The molecular formula is C14H21NO2. The summed E-state index contributed by atoms with van der Waals surface area (Å²) in [4.78, 5) is 14.2. The average molecular weight is 235 g/mol. The second kappa shape index (κ2) is 5.05. The fourth-order valence-electron chi connectivity index (χ4n) is 2.36. The van der Waals surface area contributed by atoms with Gasteiger partial charge in [-0.25, -0.2) is 0 Å². The van der Waals surface area contributed by atoms with Crippen LogP contribution >= 0.6 is 0 Å². The number of hydrogen-bond donors (Lipinski definition) is 0. The van der Waals surface area contributed by atoms with Crippen LogP contribution in [0.4, 0.5) is 0 Å². The fraction of sp³-hybridized carbons (Fsp3) is 0.643. The van der Waals surface area contributed by atoms with Crippen molar-refractivity contribution >= 4 is 5.78 Å². The van der Waals surface area contributed by atoms with Crippen molar-refractivity contribution in [1.29, 1.82) is 0 Å². The lowest BCUT2D eigenvalue weighted by Crippen LogP contribution is -2.31. The van der Waals surface area contributed by atoms with E-state index in [9.17, 15) is 4.79 Å². The van der Waals surface area contributed by atoms with E-state index in [1.54, 1.807) is 18.4 Å². The van der Waals surface area contributed by atoms with Crippen molar-refractivity contribution in [3.8, 4) is 0 Å². The highest BCUT2D eigenvalue weighted by atomic mass is 16.3. The molecule has 1 saturated heterocycles. The molecule has 2 heterocycles. The van der Waals surface area contributed by atoms with Crippen molar-refractivity contribution in [2.24, 2.45) is 5.41 Å². The fourth-order valence-corrected chi connectivity index (χ4v) is 2.36. The van der Waals surface area contributed by atoms with E-state index in [4.69, 9.17) is 4.42 Å². The SMILES string of the molecule is CC1(C)CCCN(CC(=O)c2ccco2)CC1. The maximum atomic E-state index is 11.9. The predicted molar refractivity (Wildman–Crippen MR) is 67.1 cm³/mol. The molecule has 2 rings (SSSR count). The summed E-state index contributed by atoms with van der Waals surface area (Å²) in [6, 6.07) is 3.50. The summed E-state index contributed by atoms with van der Waals surface area (Å²) in [5.41, 5.74) is 0.419. The molecule has 1 aromatic rings. The largest absolute Gasteiger partial charge is 0.461 e. The van der Waals surface area contributed by atoms with E-state index < -0.39 is 0 Å². The number of Topliss-reactive ketones (excluding diaryl/α,β-unsaturated/α-hetero) is 1. The van der Waals surface area contributed by atoms with Gasteiger partial charge in [0.15, 0.2) is 5.76 Å². The Hall–Kier alpha value is -1.09. The third kappa shape index (κ3) is 3.43. The van der Waals surface area contributed by atoms with Crippen LogP contribution in [0.15, 0.2) is 22.8 Å². The van der Waals surface area contributed by atoms with Gasteiger partial charge < -0.3 is 4.42 Å². The molecule has 0 saturated carbocycles. The Morgan fingerprint density at radius 3 is 2.94 bits per heavy atom. The molecule has 1 aliphatic rings. The number of ketones is 1. The van der Waals surface area contributed by atoms with Crippen molar-refractivity contribution in [3.05, 3.63) is 24.2 Å². The van der Waals surface area contributed by atoms with Crippen LogP contribution in [0, 0.1) is 5.41 Å². The van der Waals surface area contributed by atoms with Gasteiger partial charge in [0, 0.05) is 0 Å². The maximum Gasteiger partial charge on any atom is 0.211 e. The molecular weight excluding hydrogens is 214 g/mol. The summed E-state index contributed by atoms with van der Waals surface area (Å²) < 4.78 is 5.13. The smallest absolute Gasteiger partial charge is 0.211 e. The molecule has 0 N–H and O–H groups in total. The molecule has 3 nitrogen and oxygen atoms in total. The minimum absolute atomic E-state index is 0.0923. The first kappa shape index (κ1) is 12.4. The number of furan rings is 1. The second-order valence-electron chi connectivity index (χ2n) is 5.69. The molecule has 0 aromatic carbocycles. The highest BCUT2D eigenvalue weighted by molar-refractivity contribution is 5.94. The van der Waals surface area contributed by atoms with Crippen LogP contribution in [-0.2, 0) is 0 Å². The van der Waals surface area contributed by atoms with E-state index in [2.05, 4.69) is 18.7 Å². The first-order valence-corrected chi connectivity index (χ1v) is 6.36. The molecule has 1 aromatic heterocycles. The quantitative estimate of drug-likeness (QED) is 0.755. The van der Waals surface area contributed by atoms with Gasteiger partial charge in [0.2, 0.25) is 5.78 Å². The zero-order valence-corrected chi connectivity index (χ0v) is 10.7. The molecule has 0 atom stereocenters. The maximum absolute atomic E-state index is 11.9. The Balaban J connectivity index is 1.89. The Bertz CT molecular complexity index is 368. The van der Waals surface area contributed by atoms with E-state index in [0.717, 1.165) is 13.1 Å². The molecule has 94 valence electrons. The number of carbonyl (C=O) groups excluding carboxylic acids is 1. The Morgan fingerprint density at radius 2 is 2.24 bits per heavy atom. The normalized spacial score (nSPS) is 21.1. The van der Waals surface area contributed by atoms with Gasteiger partial charge in [-0.05, 0) is 49.9 Å². The predicted octanol–water partition coefficient (Wildman–Crippen LogP) is 2.97. The van der Waals surface area contributed by atoms with Crippen molar-refractivity contribution in [1.82, 2.24) is 4.90 Å². The van der Waals surface area contributed by atoms with E-state index in [1.807, 2.05) is 0 Å². The first-order chi connectivity index (χ1) is 8.07. The zero-order valence-electron chi connectivity index (χ0n) is 10.7. The number of carbonyl (C=O) groups is 1. The van der Waals surface area contributed by atoms with Crippen LogP contribution in [0.25, 0.3) is 0 Å². The Kier molecular flexibility index (Phi) is 3.67. The molecule has 3 heteroatoms. The summed E-state index contributed by atoms with van der Waals surface area (Å²) in [7, 11) is 0. The number of hydrogen-bond acceptors (Lipinski definition) is 3. The van der Waals surface area contributed by atoms with E-state index in [0.29, 0.717) is 17.7 Å². The minimum Gasteiger partial charge on any atom is -0.461 e. The lowest BCUT2D eigenvalue weighted by molar-refractivity contribution is 0.0903. The van der Waals surface area contributed by atoms with Crippen molar-refractivity contribution < 1.29 is 9.21 Å². The molecule has 0 amide bonds. The van der Waals surface area contributed by atoms with Gasteiger partial charge in [0.05, 0.1) is 12.8 Å². The van der Waals surface area contributed by atoms with Crippen LogP contribution < -0.4 is 0 Å². The molecule has 0 bridgehead atoms. The van der Waals surface area contributed by atoms with Gasteiger partial charge in [-0.3, -0.25) is 9.69 Å². The van der Waals surface area contributed by atoms with Gasteiger partial charge in [-0.1, -0.05) is 13.8 Å². The van der Waals surface area contributed by atoms with Crippen molar-refractivity contribution in [2.75, 3.05) is 19.6 Å².